The molecule has 1 fully saturated rings. The molecule has 0 atom stereocenters. The Kier molecular flexibility index (Phi) is 3.98. The molecule has 0 aromatic heterocycles. The summed E-state index contributed by atoms with van der Waals surface area (Å²) in [5.74, 6) is 0.621. The van der Waals surface area contributed by atoms with Gasteiger partial charge in [0.15, 0.2) is 6.29 Å². The molecule has 4 heteroatoms. The van der Waals surface area contributed by atoms with Crippen molar-refractivity contribution in [3.63, 3.8) is 0 Å². The van der Waals surface area contributed by atoms with Crippen LogP contribution in [0.15, 0.2) is 18.2 Å². The van der Waals surface area contributed by atoms with E-state index in [4.69, 9.17) is 4.74 Å². The summed E-state index contributed by atoms with van der Waals surface area (Å²) < 4.78 is 5.11. The first-order chi connectivity index (χ1) is 8.33. The van der Waals surface area contributed by atoms with E-state index in [-0.39, 0.29) is 0 Å². The van der Waals surface area contributed by atoms with E-state index in [1.165, 1.54) is 0 Å². The van der Waals surface area contributed by atoms with E-state index in [2.05, 4.69) is 10.6 Å². The van der Waals surface area contributed by atoms with Crippen molar-refractivity contribution in [3.8, 4) is 5.75 Å². The smallest absolute Gasteiger partial charge is 0.153 e. The fourth-order valence-electron chi connectivity index (χ4n) is 2.12. The van der Waals surface area contributed by atoms with E-state index in [0.717, 1.165) is 37.9 Å². The largest absolute Gasteiger partial charge is 0.496 e. The van der Waals surface area contributed by atoms with Gasteiger partial charge in [-0.3, -0.25) is 4.79 Å². The van der Waals surface area contributed by atoms with Crippen molar-refractivity contribution in [2.45, 2.75) is 18.9 Å². The highest BCUT2D eigenvalue weighted by Gasteiger charge is 2.13. The molecule has 2 N–H and O–H groups in total. The molecular weight excluding hydrogens is 216 g/mol. The van der Waals surface area contributed by atoms with Crippen molar-refractivity contribution in [2.75, 3.05) is 25.5 Å². The Labute approximate surface area is 101 Å². The van der Waals surface area contributed by atoms with E-state index in [1.807, 2.05) is 18.2 Å². The zero-order valence-electron chi connectivity index (χ0n) is 10.0. The number of hydrogen-bond donors (Lipinski definition) is 2. The zero-order chi connectivity index (χ0) is 12.1. The molecule has 0 bridgehead atoms. The van der Waals surface area contributed by atoms with E-state index in [0.29, 0.717) is 17.4 Å². The lowest BCUT2D eigenvalue weighted by molar-refractivity contribution is 0.112. The average Bonchev–Trinajstić information content (AvgIpc) is 2.40. The second kappa shape index (κ2) is 5.68. The standard InChI is InChI=1S/C13H18N2O2/c1-17-13-3-2-12(8-10(13)9-16)15-11-4-6-14-7-5-11/h2-3,8-9,11,14-15H,4-7H2,1H3. The minimum absolute atomic E-state index is 0.490. The van der Waals surface area contributed by atoms with Gasteiger partial charge in [-0.15, -0.1) is 0 Å². The predicted molar refractivity (Wildman–Crippen MR) is 67.9 cm³/mol. The third-order valence-corrected chi connectivity index (χ3v) is 3.07. The second-order valence-corrected chi connectivity index (χ2v) is 4.24. The lowest BCUT2D eigenvalue weighted by Crippen LogP contribution is -2.35. The Balaban J connectivity index is 2.07. The van der Waals surface area contributed by atoms with Crippen molar-refractivity contribution in [2.24, 2.45) is 0 Å². The van der Waals surface area contributed by atoms with Crippen LogP contribution in [0.1, 0.15) is 23.2 Å². The van der Waals surface area contributed by atoms with Crippen LogP contribution in [-0.4, -0.2) is 32.5 Å². The SMILES string of the molecule is COc1ccc(NC2CCNCC2)cc1C=O. The van der Waals surface area contributed by atoms with Crippen LogP contribution in [0, 0.1) is 0 Å². The van der Waals surface area contributed by atoms with E-state index < -0.39 is 0 Å². The second-order valence-electron chi connectivity index (χ2n) is 4.24. The number of hydrogen-bond acceptors (Lipinski definition) is 4. The minimum atomic E-state index is 0.490. The van der Waals surface area contributed by atoms with Crippen LogP contribution in [0.5, 0.6) is 5.75 Å². The molecule has 1 heterocycles. The molecule has 2 rings (SSSR count). The lowest BCUT2D eigenvalue weighted by atomic mass is 10.1. The van der Waals surface area contributed by atoms with E-state index in [1.54, 1.807) is 7.11 Å². The number of carbonyl (C=O) groups excluding carboxylic acids is 1. The maximum atomic E-state index is 10.9. The number of methoxy groups -OCH3 is 1. The van der Waals surface area contributed by atoms with Crippen LogP contribution in [0.25, 0.3) is 0 Å². The highest BCUT2D eigenvalue weighted by molar-refractivity contribution is 5.81. The number of ether oxygens (including phenoxy) is 1. The molecular formula is C13H18N2O2. The van der Waals surface area contributed by atoms with Gasteiger partial charge >= 0.3 is 0 Å². The Morgan fingerprint density at radius 3 is 2.82 bits per heavy atom. The van der Waals surface area contributed by atoms with Crippen molar-refractivity contribution >= 4 is 12.0 Å². The van der Waals surface area contributed by atoms with Gasteiger partial charge in [-0.2, -0.15) is 0 Å². The fraction of sp³-hybridized carbons (Fsp3) is 0.462. The Morgan fingerprint density at radius 2 is 2.18 bits per heavy atom. The Bertz CT molecular complexity index is 387. The van der Waals surface area contributed by atoms with Crippen molar-refractivity contribution in [1.29, 1.82) is 0 Å². The molecule has 1 aliphatic heterocycles. The van der Waals surface area contributed by atoms with Gasteiger partial charge in [0.1, 0.15) is 5.75 Å². The van der Waals surface area contributed by atoms with Crippen molar-refractivity contribution in [1.82, 2.24) is 5.32 Å². The molecule has 0 aliphatic carbocycles. The maximum Gasteiger partial charge on any atom is 0.153 e. The van der Waals surface area contributed by atoms with Gasteiger partial charge in [-0.05, 0) is 44.1 Å². The number of piperidine rings is 1. The summed E-state index contributed by atoms with van der Waals surface area (Å²) in [7, 11) is 1.57. The Hall–Kier alpha value is -1.55. The highest BCUT2D eigenvalue weighted by Crippen LogP contribution is 2.22. The van der Waals surface area contributed by atoms with Crippen LogP contribution in [-0.2, 0) is 0 Å². The van der Waals surface area contributed by atoms with Gasteiger partial charge in [-0.1, -0.05) is 0 Å². The molecule has 1 saturated heterocycles. The fourth-order valence-corrected chi connectivity index (χ4v) is 2.12. The number of aldehydes is 1. The molecule has 0 unspecified atom stereocenters. The Morgan fingerprint density at radius 1 is 1.41 bits per heavy atom. The van der Waals surface area contributed by atoms with Gasteiger partial charge < -0.3 is 15.4 Å². The van der Waals surface area contributed by atoms with Crippen molar-refractivity contribution in [3.05, 3.63) is 23.8 Å². The molecule has 0 saturated carbocycles. The molecule has 4 nitrogen and oxygen atoms in total. The molecule has 17 heavy (non-hydrogen) atoms. The van der Waals surface area contributed by atoms with Crippen molar-refractivity contribution < 1.29 is 9.53 Å². The molecule has 92 valence electrons. The molecule has 1 aliphatic rings. The van der Waals surface area contributed by atoms with Crippen LogP contribution < -0.4 is 15.4 Å². The third-order valence-electron chi connectivity index (χ3n) is 3.07. The first kappa shape index (κ1) is 11.9. The lowest BCUT2D eigenvalue weighted by Gasteiger charge is -2.24. The summed E-state index contributed by atoms with van der Waals surface area (Å²) in [6.07, 6.45) is 3.05. The number of rotatable bonds is 4. The zero-order valence-corrected chi connectivity index (χ0v) is 10.0. The normalized spacial score (nSPS) is 16.5. The van der Waals surface area contributed by atoms with Crippen LogP contribution in [0.4, 0.5) is 5.69 Å². The molecule has 1 aromatic carbocycles. The molecule has 0 amide bonds. The van der Waals surface area contributed by atoms with Gasteiger partial charge in [0.05, 0.1) is 12.7 Å². The number of nitrogens with one attached hydrogen (secondary N) is 2. The molecule has 1 aromatic rings. The summed E-state index contributed by atoms with van der Waals surface area (Å²) >= 11 is 0. The number of benzene rings is 1. The van der Waals surface area contributed by atoms with Crippen LogP contribution in [0.2, 0.25) is 0 Å². The first-order valence-corrected chi connectivity index (χ1v) is 5.94. The summed E-state index contributed by atoms with van der Waals surface area (Å²) in [5.41, 5.74) is 1.58. The monoisotopic (exact) mass is 234 g/mol. The van der Waals surface area contributed by atoms with Gasteiger partial charge in [0.2, 0.25) is 0 Å². The van der Waals surface area contributed by atoms with E-state index >= 15 is 0 Å². The minimum Gasteiger partial charge on any atom is -0.496 e. The van der Waals surface area contributed by atoms with Gasteiger partial charge in [0.25, 0.3) is 0 Å². The first-order valence-electron chi connectivity index (χ1n) is 5.94. The molecule has 0 radical (unpaired) electrons. The highest BCUT2D eigenvalue weighted by atomic mass is 16.5. The quantitative estimate of drug-likeness (QED) is 0.778. The average molecular weight is 234 g/mol. The maximum absolute atomic E-state index is 10.9. The van der Waals surface area contributed by atoms with Gasteiger partial charge in [0, 0.05) is 11.7 Å². The van der Waals surface area contributed by atoms with E-state index in [9.17, 15) is 4.79 Å². The van der Waals surface area contributed by atoms with Crippen LogP contribution >= 0.6 is 0 Å². The van der Waals surface area contributed by atoms with Crippen LogP contribution in [0.3, 0.4) is 0 Å². The summed E-state index contributed by atoms with van der Waals surface area (Å²) in [5, 5.41) is 6.78. The third kappa shape index (κ3) is 2.97. The predicted octanol–water partition coefficient (Wildman–Crippen LogP) is 1.67. The molecule has 0 spiro atoms. The summed E-state index contributed by atoms with van der Waals surface area (Å²) in [4.78, 5) is 10.9. The van der Waals surface area contributed by atoms with Gasteiger partial charge in [-0.25, -0.2) is 0 Å². The summed E-state index contributed by atoms with van der Waals surface area (Å²) in [6, 6.07) is 6.11. The topological polar surface area (TPSA) is 50.4 Å². The summed E-state index contributed by atoms with van der Waals surface area (Å²) in [6.45, 7) is 2.10. The number of anilines is 1. The number of carbonyl (C=O) groups is 1.